The van der Waals surface area contributed by atoms with E-state index in [9.17, 15) is 0 Å². The second kappa shape index (κ2) is 3.58. The SMILES string of the molecule is CC1(C)C=CC=C2N=CC=CC(C)(C)C2=C1. The van der Waals surface area contributed by atoms with Crippen molar-refractivity contribution < 1.29 is 0 Å². The van der Waals surface area contributed by atoms with Crippen LogP contribution in [0.25, 0.3) is 0 Å². The molecule has 0 unspecified atom stereocenters. The zero-order valence-corrected chi connectivity index (χ0v) is 10.5. The Hall–Kier alpha value is -1.37. The summed E-state index contributed by atoms with van der Waals surface area (Å²) in [6.45, 7) is 8.92. The Kier molecular flexibility index (Phi) is 2.49. The molecule has 1 aliphatic carbocycles. The van der Waals surface area contributed by atoms with Crippen molar-refractivity contribution in [2.45, 2.75) is 27.7 Å². The van der Waals surface area contributed by atoms with Gasteiger partial charge in [0, 0.05) is 17.0 Å². The summed E-state index contributed by atoms with van der Waals surface area (Å²) in [7, 11) is 0. The lowest BCUT2D eigenvalue weighted by atomic mass is 9.78. The van der Waals surface area contributed by atoms with Gasteiger partial charge in [0.15, 0.2) is 0 Å². The molecule has 0 aromatic heterocycles. The molecule has 0 saturated heterocycles. The Labute approximate surface area is 98.0 Å². The molecule has 0 N–H and O–H groups in total. The van der Waals surface area contributed by atoms with E-state index in [4.69, 9.17) is 0 Å². The van der Waals surface area contributed by atoms with E-state index >= 15 is 0 Å². The van der Waals surface area contributed by atoms with Gasteiger partial charge in [-0.05, 0) is 17.7 Å². The molecule has 1 heteroatoms. The zero-order valence-electron chi connectivity index (χ0n) is 10.5. The van der Waals surface area contributed by atoms with Crippen LogP contribution in [0.3, 0.4) is 0 Å². The van der Waals surface area contributed by atoms with E-state index in [2.05, 4.69) is 63.1 Å². The van der Waals surface area contributed by atoms with Crippen molar-refractivity contribution in [2.75, 3.05) is 0 Å². The van der Waals surface area contributed by atoms with Crippen LogP contribution in [0.2, 0.25) is 0 Å². The highest BCUT2D eigenvalue weighted by atomic mass is 14.7. The molecule has 1 heterocycles. The molecule has 0 fully saturated rings. The molecule has 1 aliphatic heterocycles. The fraction of sp³-hybridized carbons (Fsp3) is 0.400. The van der Waals surface area contributed by atoms with Crippen LogP contribution >= 0.6 is 0 Å². The van der Waals surface area contributed by atoms with Gasteiger partial charge in [-0.25, -0.2) is 0 Å². The lowest BCUT2D eigenvalue weighted by molar-refractivity contribution is 0.553. The second-order valence-corrected chi connectivity index (χ2v) is 5.65. The van der Waals surface area contributed by atoms with Crippen LogP contribution < -0.4 is 0 Å². The first-order valence-corrected chi connectivity index (χ1v) is 5.76. The molecule has 84 valence electrons. The number of rotatable bonds is 0. The van der Waals surface area contributed by atoms with Gasteiger partial charge in [-0.3, -0.25) is 4.99 Å². The van der Waals surface area contributed by atoms with Crippen LogP contribution in [-0.2, 0) is 0 Å². The third kappa shape index (κ3) is 2.08. The van der Waals surface area contributed by atoms with Gasteiger partial charge >= 0.3 is 0 Å². The first-order chi connectivity index (χ1) is 7.41. The first-order valence-electron chi connectivity index (χ1n) is 5.76. The van der Waals surface area contributed by atoms with E-state index in [1.807, 2.05) is 12.3 Å². The lowest BCUT2D eigenvalue weighted by Crippen LogP contribution is -2.15. The molecule has 0 spiro atoms. The third-order valence-electron chi connectivity index (χ3n) is 3.08. The molecule has 0 aromatic rings. The number of allylic oxidation sites excluding steroid dienone is 7. The van der Waals surface area contributed by atoms with Gasteiger partial charge < -0.3 is 0 Å². The standard InChI is InChI=1S/C15H19N/c1-14(2)8-5-7-13-12(11-14)15(3,4)9-6-10-16-13/h5-11H,1-4H3. The summed E-state index contributed by atoms with van der Waals surface area (Å²) in [5.74, 6) is 0. The van der Waals surface area contributed by atoms with Crippen molar-refractivity contribution in [3.05, 3.63) is 47.7 Å². The maximum atomic E-state index is 4.50. The van der Waals surface area contributed by atoms with Gasteiger partial charge in [0.1, 0.15) is 0 Å². The fourth-order valence-corrected chi connectivity index (χ4v) is 2.10. The Morgan fingerprint density at radius 1 is 1.00 bits per heavy atom. The van der Waals surface area contributed by atoms with Gasteiger partial charge in [0.2, 0.25) is 0 Å². The highest BCUT2D eigenvalue weighted by Crippen LogP contribution is 2.39. The van der Waals surface area contributed by atoms with E-state index in [1.54, 1.807) is 0 Å². The summed E-state index contributed by atoms with van der Waals surface area (Å²) < 4.78 is 0. The number of fused-ring (bicyclic) bond motifs is 1. The Balaban J connectivity index is 2.59. The number of aliphatic imine (C=N–C) groups is 1. The fourth-order valence-electron chi connectivity index (χ4n) is 2.10. The Morgan fingerprint density at radius 3 is 2.50 bits per heavy atom. The average Bonchev–Trinajstić information content (AvgIpc) is 2.38. The van der Waals surface area contributed by atoms with Gasteiger partial charge in [0.05, 0.1) is 5.70 Å². The van der Waals surface area contributed by atoms with Crippen molar-refractivity contribution >= 4 is 6.21 Å². The van der Waals surface area contributed by atoms with Crippen molar-refractivity contribution in [1.82, 2.24) is 0 Å². The maximum absolute atomic E-state index is 4.50. The molecule has 2 aliphatic rings. The first kappa shape index (κ1) is 11.1. The topological polar surface area (TPSA) is 12.4 Å². The van der Waals surface area contributed by atoms with Crippen LogP contribution in [-0.4, -0.2) is 6.21 Å². The monoisotopic (exact) mass is 213 g/mol. The van der Waals surface area contributed by atoms with Crippen molar-refractivity contribution in [1.29, 1.82) is 0 Å². The van der Waals surface area contributed by atoms with Crippen molar-refractivity contribution in [3.63, 3.8) is 0 Å². The minimum Gasteiger partial charge on any atom is -0.257 e. The van der Waals surface area contributed by atoms with Gasteiger partial charge in [0.25, 0.3) is 0 Å². The van der Waals surface area contributed by atoms with Gasteiger partial charge in [-0.2, -0.15) is 0 Å². The van der Waals surface area contributed by atoms with E-state index in [0.29, 0.717) is 0 Å². The largest absolute Gasteiger partial charge is 0.257 e. The zero-order chi connectivity index (χ0) is 11.8. The van der Waals surface area contributed by atoms with Crippen LogP contribution in [0.1, 0.15) is 27.7 Å². The second-order valence-electron chi connectivity index (χ2n) is 5.65. The van der Waals surface area contributed by atoms with Crippen LogP contribution in [0.15, 0.2) is 52.7 Å². The average molecular weight is 213 g/mol. The molecule has 0 amide bonds. The summed E-state index contributed by atoms with van der Waals surface area (Å²) in [6.07, 6.45) is 14.9. The van der Waals surface area contributed by atoms with E-state index < -0.39 is 0 Å². The lowest BCUT2D eigenvalue weighted by Gasteiger charge is -2.26. The van der Waals surface area contributed by atoms with Crippen LogP contribution in [0.4, 0.5) is 0 Å². The highest BCUT2D eigenvalue weighted by Gasteiger charge is 2.27. The summed E-state index contributed by atoms with van der Waals surface area (Å²) in [5, 5.41) is 0. The molecular formula is C15H19N. The quantitative estimate of drug-likeness (QED) is 0.575. The minimum absolute atomic E-state index is 0.0472. The summed E-state index contributed by atoms with van der Waals surface area (Å²) >= 11 is 0. The predicted molar refractivity (Wildman–Crippen MR) is 70.5 cm³/mol. The molecule has 1 nitrogen and oxygen atoms in total. The Bertz CT molecular complexity index is 440. The van der Waals surface area contributed by atoms with Crippen molar-refractivity contribution in [2.24, 2.45) is 15.8 Å². The number of nitrogens with zero attached hydrogens (tertiary/aromatic N) is 1. The van der Waals surface area contributed by atoms with Crippen molar-refractivity contribution in [3.8, 4) is 0 Å². The Morgan fingerprint density at radius 2 is 1.75 bits per heavy atom. The summed E-state index contributed by atoms with van der Waals surface area (Å²) in [6, 6.07) is 0. The predicted octanol–water partition coefficient (Wildman–Crippen LogP) is 4.06. The molecule has 2 rings (SSSR count). The number of hydrogen-bond acceptors (Lipinski definition) is 1. The summed E-state index contributed by atoms with van der Waals surface area (Å²) in [4.78, 5) is 4.50. The molecule has 0 aromatic carbocycles. The van der Waals surface area contributed by atoms with Crippen LogP contribution in [0, 0.1) is 10.8 Å². The van der Waals surface area contributed by atoms with Gasteiger partial charge in [-0.1, -0.05) is 52.0 Å². The minimum atomic E-state index is 0.0472. The van der Waals surface area contributed by atoms with E-state index in [1.165, 1.54) is 5.57 Å². The molecule has 0 atom stereocenters. The normalized spacial score (nSPS) is 25.2. The van der Waals surface area contributed by atoms with Gasteiger partial charge in [-0.15, -0.1) is 0 Å². The van der Waals surface area contributed by atoms with E-state index in [0.717, 1.165) is 5.70 Å². The summed E-state index contributed by atoms with van der Waals surface area (Å²) in [5.41, 5.74) is 2.54. The molecular weight excluding hydrogens is 194 g/mol. The highest BCUT2D eigenvalue weighted by molar-refractivity contribution is 5.75. The molecule has 16 heavy (non-hydrogen) atoms. The van der Waals surface area contributed by atoms with E-state index in [-0.39, 0.29) is 10.8 Å². The molecule has 0 radical (unpaired) electrons. The molecule has 0 saturated carbocycles. The third-order valence-corrected chi connectivity index (χ3v) is 3.08. The number of hydrogen-bond donors (Lipinski definition) is 0. The molecule has 0 bridgehead atoms. The smallest absolute Gasteiger partial charge is 0.0667 e. The van der Waals surface area contributed by atoms with Crippen LogP contribution in [0.5, 0.6) is 0 Å². The maximum Gasteiger partial charge on any atom is 0.0667 e.